The number of unbranched alkanes of at least 4 members (excludes halogenated alkanes) is 1. The first kappa shape index (κ1) is 18.6. The van der Waals surface area contributed by atoms with Crippen molar-refractivity contribution in [1.29, 1.82) is 0 Å². The van der Waals surface area contributed by atoms with Crippen LogP contribution in [0.15, 0.2) is 47.6 Å². The van der Waals surface area contributed by atoms with Gasteiger partial charge < -0.3 is 9.47 Å². The van der Waals surface area contributed by atoms with E-state index >= 15 is 0 Å². The minimum Gasteiger partial charge on any atom is -0.490 e. The molecule has 2 aromatic rings. The first-order valence-corrected chi connectivity index (χ1v) is 9.07. The predicted molar refractivity (Wildman–Crippen MR) is 103 cm³/mol. The van der Waals surface area contributed by atoms with Gasteiger partial charge in [-0.15, -0.1) is 0 Å². The Morgan fingerprint density at radius 3 is 2.30 bits per heavy atom. The standard InChI is InChI=1S/C21H22N2O4/c1-3-5-12-27-18-11-10-15(13-19(18)26-4-2)14-22-23-20(24)16-8-6-7-9-17(16)21(23)25/h6-11,13-14H,3-5,12H2,1-2H3/b22-14-. The lowest BCUT2D eigenvalue weighted by molar-refractivity contribution is 0.0660. The normalized spacial score (nSPS) is 13.3. The molecular formula is C21H22N2O4. The van der Waals surface area contributed by atoms with Crippen LogP contribution in [0.25, 0.3) is 0 Å². The lowest BCUT2D eigenvalue weighted by Crippen LogP contribution is -2.24. The second-order valence-corrected chi connectivity index (χ2v) is 6.05. The Hall–Kier alpha value is -3.15. The molecule has 0 N–H and O–H groups in total. The van der Waals surface area contributed by atoms with Crippen molar-refractivity contribution in [2.24, 2.45) is 5.10 Å². The van der Waals surface area contributed by atoms with Gasteiger partial charge in [0.2, 0.25) is 0 Å². The smallest absolute Gasteiger partial charge is 0.282 e. The van der Waals surface area contributed by atoms with Crippen molar-refractivity contribution < 1.29 is 19.1 Å². The summed E-state index contributed by atoms with van der Waals surface area (Å²) in [6, 6.07) is 12.1. The summed E-state index contributed by atoms with van der Waals surface area (Å²) < 4.78 is 11.4. The average Bonchev–Trinajstić information content (AvgIpc) is 2.93. The third-order valence-corrected chi connectivity index (χ3v) is 4.12. The van der Waals surface area contributed by atoms with Crippen LogP contribution in [-0.2, 0) is 0 Å². The van der Waals surface area contributed by atoms with E-state index in [0.29, 0.717) is 41.4 Å². The van der Waals surface area contributed by atoms with Gasteiger partial charge in [-0.1, -0.05) is 25.5 Å². The Morgan fingerprint density at radius 1 is 0.963 bits per heavy atom. The number of rotatable bonds is 8. The van der Waals surface area contributed by atoms with Gasteiger partial charge in [0.25, 0.3) is 11.8 Å². The molecule has 0 spiro atoms. The number of ether oxygens (including phenoxy) is 2. The van der Waals surface area contributed by atoms with E-state index in [1.54, 1.807) is 30.3 Å². The highest BCUT2D eigenvalue weighted by Gasteiger charge is 2.35. The summed E-state index contributed by atoms with van der Waals surface area (Å²) in [6.07, 6.45) is 3.49. The van der Waals surface area contributed by atoms with Crippen molar-refractivity contribution in [3.05, 3.63) is 59.2 Å². The monoisotopic (exact) mass is 366 g/mol. The quantitative estimate of drug-likeness (QED) is 0.404. The van der Waals surface area contributed by atoms with E-state index in [1.165, 1.54) is 6.21 Å². The van der Waals surface area contributed by atoms with Crippen LogP contribution < -0.4 is 9.47 Å². The van der Waals surface area contributed by atoms with Crippen LogP contribution in [0.4, 0.5) is 0 Å². The molecule has 6 heteroatoms. The maximum Gasteiger partial charge on any atom is 0.282 e. The number of hydrogen-bond donors (Lipinski definition) is 0. The van der Waals surface area contributed by atoms with E-state index in [4.69, 9.17) is 9.47 Å². The average molecular weight is 366 g/mol. The van der Waals surface area contributed by atoms with Crippen LogP contribution in [0.2, 0.25) is 0 Å². The van der Waals surface area contributed by atoms with E-state index in [0.717, 1.165) is 17.9 Å². The highest BCUT2D eigenvalue weighted by molar-refractivity contribution is 6.21. The molecule has 27 heavy (non-hydrogen) atoms. The zero-order chi connectivity index (χ0) is 19.2. The Kier molecular flexibility index (Phi) is 5.86. The molecule has 0 fully saturated rings. The van der Waals surface area contributed by atoms with Crippen LogP contribution in [-0.4, -0.2) is 36.3 Å². The van der Waals surface area contributed by atoms with Crippen LogP contribution >= 0.6 is 0 Å². The maximum absolute atomic E-state index is 12.3. The SMILES string of the molecule is CCCCOc1ccc(/C=N\N2C(=O)c3ccccc3C2=O)cc1OCC. The number of carbonyl (C=O) groups excluding carboxylic acids is 2. The first-order chi connectivity index (χ1) is 13.2. The van der Waals surface area contributed by atoms with E-state index in [9.17, 15) is 9.59 Å². The molecule has 3 rings (SSSR count). The number of benzene rings is 2. The molecule has 0 saturated carbocycles. The van der Waals surface area contributed by atoms with E-state index in [-0.39, 0.29) is 0 Å². The molecule has 0 unspecified atom stereocenters. The summed E-state index contributed by atoms with van der Waals surface area (Å²) in [5.74, 6) is 0.441. The fourth-order valence-electron chi connectivity index (χ4n) is 2.72. The number of nitrogens with zero attached hydrogens (tertiary/aromatic N) is 2. The summed E-state index contributed by atoms with van der Waals surface area (Å²) in [5.41, 5.74) is 1.45. The number of imide groups is 1. The summed E-state index contributed by atoms with van der Waals surface area (Å²) in [5, 5.41) is 4.97. The van der Waals surface area contributed by atoms with Gasteiger partial charge in [-0.2, -0.15) is 10.1 Å². The highest BCUT2D eigenvalue weighted by atomic mass is 16.5. The fraction of sp³-hybridized carbons (Fsp3) is 0.286. The van der Waals surface area contributed by atoms with Crippen molar-refractivity contribution in [3.8, 4) is 11.5 Å². The van der Waals surface area contributed by atoms with Crippen molar-refractivity contribution >= 4 is 18.0 Å². The van der Waals surface area contributed by atoms with Crippen LogP contribution in [0, 0.1) is 0 Å². The summed E-state index contributed by atoms with van der Waals surface area (Å²) in [6.45, 7) is 5.13. The van der Waals surface area contributed by atoms with Gasteiger partial charge in [-0.05, 0) is 49.2 Å². The number of fused-ring (bicyclic) bond motifs is 1. The van der Waals surface area contributed by atoms with Gasteiger partial charge in [0.15, 0.2) is 11.5 Å². The molecule has 2 aromatic carbocycles. The zero-order valence-electron chi connectivity index (χ0n) is 15.5. The minimum absolute atomic E-state index is 0.370. The summed E-state index contributed by atoms with van der Waals surface area (Å²) in [7, 11) is 0. The molecule has 0 aliphatic carbocycles. The van der Waals surface area contributed by atoms with Crippen LogP contribution in [0.1, 0.15) is 53.0 Å². The lowest BCUT2D eigenvalue weighted by atomic mass is 10.1. The van der Waals surface area contributed by atoms with Gasteiger partial charge in [-0.3, -0.25) is 9.59 Å². The zero-order valence-corrected chi connectivity index (χ0v) is 15.5. The molecule has 0 saturated heterocycles. The molecule has 0 aromatic heterocycles. The molecule has 1 heterocycles. The number of amides is 2. The van der Waals surface area contributed by atoms with Gasteiger partial charge in [0, 0.05) is 0 Å². The van der Waals surface area contributed by atoms with Crippen molar-refractivity contribution in [2.75, 3.05) is 13.2 Å². The Labute approximate surface area is 158 Å². The third kappa shape index (κ3) is 4.00. The fourth-order valence-corrected chi connectivity index (χ4v) is 2.72. The largest absolute Gasteiger partial charge is 0.490 e. The predicted octanol–water partition coefficient (Wildman–Crippen LogP) is 3.89. The lowest BCUT2D eigenvalue weighted by Gasteiger charge is -2.12. The molecule has 1 aliphatic rings. The first-order valence-electron chi connectivity index (χ1n) is 9.07. The Bertz CT molecular complexity index is 841. The van der Waals surface area contributed by atoms with Crippen molar-refractivity contribution in [2.45, 2.75) is 26.7 Å². The van der Waals surface area contributed by atoms with Gasteiger partial charge >= 0.3 is 0 Å². The summed E-state index contributed by atoms with van der Waals surface area (Å²) >= 11 is 0. The van der Waals surface area contributed by atoms with Gasteiger partial charge in [-0.25, -0.2) is 0 Å². The molecule has 140 valence electrons. The van der Waals surface area contributed by atoms with E-state index in [1.807, 2.05) is 19.1 Å². The molecule has 0 atom stereocenters. The van der Waals surface area contributed by atoms with Crippen LogP contribution in [0.3, 0.4) is 0 Å². The van der Waals surface area contributed by atoms with Crippen LogP contribution in [0.5, 0.6) is 11.5 Å². The van der Waals surface area contributed by atoms with Gasteiger partial charge in [0.05, 0.1) is 30.6 Å². The second-order valence-electron chi connectivity index (χ2n) is 6.05. The number of hydrogen-bond acceptors (Lipinski definition) is 5. The molecule has 6 nitrogen and oxygen atoms in total. The van der Waals surface area contributed by atoms with Crippen molar-refractivity contribution in [1.82, 2.24) is 5.01 Å². The Balaban J connectivity index is 1.78. The molecule has 2 amide bonds. The van der Waals surface area contributed by atoms with Gasteiger partial charge in [0.1, 0.15) is 0 Å². The maximum atomic E-state index is 12.3. The van der Waals surface area contributed by atoms with E-state index < -0.39 is 11.8 Å². The molecular weight excluding hydrogens is 344 g/mol. The number of carbonyl (C=O) groups is 2. The van der Waals surface area contributed by atoms with E-state index in [2.05, 4.69) is 12.0 Å². The highest BCUT2D eigenvalue weighted by Crippen LogP contribution is 2.28. The third-order valence-electron chi connectivity index (χ3n) is 4.12. The Morgan fingerprint density at radius 2 is 1.67 bits per heavy atom. The molecule has 0 radical (unpaired) electrons. The second kappa shape index (κ2) is 8.49. The van der Waals surface area contributed by atoms with Crippen molar-refractivity contribution in [3.63, 3.8) is 0 Å². The molecule has 1 aliphatic heterocycles. The summed E-state index contributed by atoms with van der Waals surface area (Å²) in [4.78, 5) is 24.7. The topological polar surface area (TPSA) is 68.2 Å². The molecule has 0 bridgehead atoms. The number of hydrazone groups is 1. The minimum atomic E-state index is -0.420.